The zero-order valence-electron chi connectivity index (χ0n) is 28.1. The van der Waals surface area contributed by atoms with Crippen LogP contribution in [0.25, 0.3) is 11.1 Å². The molecule has 0 spiro atoms. The van der Waals surface area contributed by atoms with Crippen molar-refractivity contribution in [1.82, 2.24) is 10.2 Å². The highest BCUT2D eigenvalue weighted by molar-refractivity contribution is 6.04. The van der Waals surface area contributed by atoms with E-state index in [1.54, 1.807) is 11.8 Å². The minimum Gasteiger partial charge on any atom is -0.480 e. The first-order valence-corrected chi connectivity index (χ1v) is 17.4. The summed E-state index contributed by atoms with van der Waals surface area (Å²) in [6, 6.07) is 21.6. The molecule has 9 nitrogen and oxygen atoms in total. The number of hydrogen-bond donors (Lipinski definition) is 2. The number of ether oxygens (including phenoxy) is 1. The van der Waals surface area contributed by atoms with Gasteiger partial charge in [-0.1, -0.05) is 86.5 Å². The minimum atomic E-state index is -1.06. The average molecular weight is 664 g/mol. The zero-order chi connectivity index (χ0) is 34.5. The molecule has 1 saturated heterocycles. The Labute approximate surface area is 287 Å². The van der Waals surface area contributed by atoms with Gasteiger partial charge in [0, 0.05) is 36.7 Å². The van der Waals surface area contributed by atoms with Crippen LogP contribution in [-0.2, 0) is 25.5 Å². The lowest BCUT2D eigenvalue weighted by Gasteiger charge is -2.30. The van der Waals surface area contributed by atoms with Crippen LogP contribution in [-0.4, -0.2) is 65.7 Å². The van der Waals surface area contributed by atoms with Gasteiger partial charge in [0.25, 0.3) is 5.91 Å². The van der Waals surface area contributed by atoms with Gasteiger partial charge in [0.2, 0.25) is 5.91 Å². The number of carbonyl (C=O) groups is 4. The first-order valence-electron chi connectivity index (χ1n) is 17.4. The van der Waals surface area contributed by atoms with Gasteiger partial charge in [-0.25, -0.2) is 9.59 Å². The van der Waals surface area contributed by atoms with Gasteiger partial charge in [0.1, 0.15) is 18.7 Å². The molecule has 3 aromatic rings. The van der Waals surface area contributed by atoms with Crippen LogP contribution in [0.5, 0.6) is 0 Å². The molecule has 9 heteroatoms. The molecule has 2 fully saturated rings. The second-order valence-electron chi connectivity index (χ2n) is 13.6. The first kappa shape index (κ1) is 34.0. The molecule has 256 valence electrons. The van der Waals surface area contributed by atoms with Gasteiger partial charge in [-0.2, -0.15) is 0 Å². The lowest BCUT2D eigenvalue weighted by atomic mass is 9.88. The Morgan fingerprint density at radius 2 is 1.53 bits per heavy atom. The van der Waals surface area contributed by atoms with Crippen molar-refractivity contribution in [3.63, 3.8) is 0 Å². The molecule has 6 rings (SSSR count). The molecule has 2 aliphatic carbocycles. The van der Waals surface area contributed by atoms with Gasteiger partial charge in [0.05, 0.1) is 0 Å². The highest BCUT2D eigenvalue weighted by Gasteiger charge is 2.38. The Morgan fingerprint density at radius 1 is 0.898 bits per heavy atom. The monoisotopic (exact) mass is 663 g/mol. The molecule has 2 atom stereocenters. The smallest absolute Gasteiger partial charge is 0.407 e. The normalized spacial score (nSPS) is 17.9. The third kappa shape index (κ3) is 7.56. The minimum absolute atomic E-state index is 0.0878. The number of aliphatic carboxylic acids is 1. The number of nitrogens with one attached hydrogen (secondary N) is 1. The van der Waals surface area contributed by atoms with E-state index in [2.05, 4.69) is 24.0 Å². The summed E-state index contributed by atoms with van der Waals surface area (Å²) in [7, 11) is 0. The number of carboxylic acid groups (broad SMARTS) is 1. The van der Waals surface area contributed by atoms with Crippen molar-refractivity contribution in [2.24, 2.45) is 5.92 Å². The van der Waals surface area contributed by atoms with E-state index in [1.165, 1.54) is 24.2 Å². The van der Waals surface area contributed by atoms with Crippen LogP contribution >= 0.6 is 0 Å². The third-order valence-corrected chi connectivity index (χ3v) is 10.2. The van der Waals surface area contributed by atoms with Gasteiger partial charge < -0.3 is 25.0 Å². The van der Waals surface area contributed by atoms with Crippen LogP contribution in [0.2, 0.25) is 0 Å². The number of carbonyl (C=O) groups excluding carboxylic acids is 3. The predicted molar refractivity (Wildman–Crippen MR) is 188 cm³/mol. The lowest BCUT2D eigenvalue weighted by Crippen LogP contribution is -2.52. The summed E-state index contributed by atoms with van der Waals surface area (Å²) >= 11 is 0. The van der Waals surface area contributed by atoms with Crippen LogP contribution in [0.4, 0.5) is 10.5 Å². The third-order valence-electron chi connectivity index (χ3n) is 10.2. The van der Waals surface area contributed by atoms with Crippen LogP contribution in [0.3, 0.4) is 0 Å². The van der Waals surface area contributed by atoms with Gasteiger partial charge in [0.15, 0.2) is 0 Å². The SMILES string of the molecule is C=C(C)C(=O)N(CC1CCCCC1)c1ccc(C[C@H](NC(=O)OCC2c3ccccc3-c3ccccc32)C(=O)N2CCCC2C(=O)O)cc1. The molecule has 0 aromatic heterocycles. The molecule has 3 aromatic carbocycles. The quantitative estimate of drug-likeness (QED) is 0.221. The molecule has 1 saturated carbocycles. The summed E-state index contributed by atoms with van der Waals surface area (Å²) in [6.45, 7) is 6.63. The van der Waals surface area contributed by atoms with Crippen LogP contribution in [0, 0.1) is 5.92 Å². The van der Waals surface area contributed by atoms with E-state index in [1.807, 2.05) is 60.7 Å². The number of likely N-dealkylation sites (tertiary alicyclic amines) is 1. The number of benzene rings is 3. The van der Waals surface area contributed by atoms with E-state index in [4.69, 9.17) is 4.74 Å². The van der Waals surface area contributed by atoms with Crippen molar-refractivity contribution in [3.8, 4) is 11.1 Å². The first-order chi connectivity index (χ1) is 23.7. The van der Waals surface area contributed by atoms with E-state index in [0.717, 1.165) is 46.3 Å². The molecule has 1 aliphatic heterocycles. The number of anilines is 1. The maximum absolute atomic E-state index is 13.9. The summed E-state index contributed by atoms with van der Waals surface area (Å²) in [4.78, 5) is 55.5. The maximum atomic E-state index is 13.9. The van der Waals surface area contributed by atoms with Crippen molar-refractivity contribution in [3.05, 3.63) is 102 Å². The van der Waals surface area contributed by atoms with Gasteiger partial charge in [-0.05, 0) is 78.5 Å². The Balaban J connectivity index is 1.18. The Hall–Kier alpha value is -4.92. The Bertz CT molecular complexity index is 1670. The van der Waals surface area contributed by atoms with Crippen LogP contribution < -0.4 is 10.2 Å². The second kappa shape index (κ2) is 15.1. The van der Waals surface area contributed by atoms with E-state index in [-0.39, 0.29) is 24.9 Å². The maximum Gasteiger partial charge on any atom is 0.407 e. The highest BCUT2D eigenvalue weighted by Crippen LogP contribution is 2.44. The average Bonchev–Trinajstić information content (AvgIpc) is 3.73. The van der Waals surface area contributed by atoms with E-state index in [9.17, 15) is 24.3 Å². The predicted octanol–water partition coefficient (Wildman–Crippen LogP) is 6.70. The molecule has 1 heterocycles. The van der Waals surface area contributed by atoms with Gasteiger partial charge in [-0.3, -0.25) is 9.59 Å². The zero-order valence-corrected chi connectivity index (χ0v) is 28.1. The summed E-state index contributed by atoms with van der Waals surface area (Å²) in [5, 5.41) is 12.6. The standard InChI is InChI=1S/C40H45N3O6/c1-26(2)37(44)43(24-28-11-4-3-5-12-28)29-20-18-27(19-21-29)23-35(38(45)42-22-10-17-36(42)39(46)47)41-40(48)49-25-34-32-15-8-6-13-30(32)31-14-7-9-16-33(31)34/h6-9,13-16,18-21,28,34-36H,1,3-5,10-12,17,22-25H2,2H3,(H,41,48)(H,46,47)/t35-,36?/m0/s1. The summed E-state index contributed by atoms with van der Waals surface area (Å²) < 4.78 is 5.78. The lowest BCUT2D eigenvalue weighted by molar-refractivity contribution is -0.148. The van der Waals surface area contributed by atoms with E-state index < -0.39 is 30.1 Å². The molecular weight excluding hydrogens is 618 g/mol. The molecule has 2 N–H and O–H groups in total. The summed E-state index contributed by atoms with van der Waals surface area (Å²) in [5.74, 6) is -1.35. The fourth-order valence-electron chi connectivity index (χ4n) is 7.68. The largest absolute Gasteiger partial charge is 0.480 e. The van der Waals surface area contributed by atoms with Gasteiger partial charge >= 0.3 is 12.1 Å². The van der Waals surface area contributed by atoms with Crippen molar-refractivity contribution in [2.45, 2.75) is 76.3 Å². The number of amides is 3. The van der Waals surface area contributed by atoms with Gasteiger partial charge in [-0.15, -0.1) is 0 Å². The number of alkyl carbamates (subject to hydrolysis) is 1. The van der Waals surface area contributed by atoms with E-state index in [0.29, 0.717) is 37.4 Å². The van der Waals surface area contributed by atoms with Crippen LogP contribution in [0.1, 0.15) is 74.5 Å². The number of hydrogen-bond acceptors (Lipinski definition) is 5. The highest BCUT2D eigenvalue weighted by atomic mass is 16.5. The number of rotatable bonds is 11. The molecule has 3 aliphatic rings. The molecule has 0 bridgehead atoms. The summed E-state index contributed by atoms with van der Waals surface area (Å²) in [6.07, 6.45) is 6.08. The fraction of sp³-hybridized carbons (Fsp3) is 0.400. The molecule has 0 radical (unpaired) electrons. The van der Waals surface area contributed by atoms with Crippen molar-refractivity contribution in [1.29, 1.82) is 0 Å². The van der Waals surface area contributed by atoms with Crippen molar-refractivity contribution < 1.29 is 29.0 Å². The van der Waals surface area contributed by atoms with Crippen LogP contribution in [0.15, 0.2) is 84.9 Å². The molecule has 49 heavy (non-hydrogen) atoms. The topological polar surface area (TPSA) is 116 Å². The number of nitrogens with zero attached hydrogens (tertiary/aromatic N) is 2. The molecular formula is C40H45N3O6. The second-order valence-corrected chi connectivity index (χ2v) is 13.6. The molecule has 1 unspecified atom stereocenters. The van der Waals surface area contributed by atoms with Crippen molar-refractivity contribution in [2.75, 3.05) is 24.6 Å². The van der Waals surface area contributed by atoms with E-state index >= 15 is 0 Å². The number of fused-ring (bicyclic) bond motifs is 3. The molecule has 3 amide bonds. The summed E-state index contributed by atoms with van der Waals surface area (Å²) in [5.41, 5.74) is 6.35. The van der Waals surface area contributed by atoms with Crippen molar-refractivity contribution >= 4 is 29.6 Å². The number of carboxylic acids is 1. The Morgan fingerprint density at radius 3 is 2.14 bits per heavy atom. The Kier molecular flexibility index (Phi) is 10.5. The fourth-order valence-corrected chi connectivity index (χ4v) is 7.68.